The van der Waals surface area contributed by atoms with Crippen LogP contribution < -0.4 is 34.7 Å². The SMILES string of the molecule is O=C1O[C@H]([C@H](CO)OS(=O)(=O)OOS(=O)(=O)O)C(O)=C1[O-].O=S(=O)([O-])[O-].[Fe+2].[Na+]. The van der Waals surface area contributed by atoms with Crippen LogP contribution in [0.15, 0.2) is 11.5 Å². The largest absolute Gasteiger partial charge is 2.00 e. The molecule has 1 rings (SSSR count). The minimum Gasteiger partial charge on any atom is -0.865 e. The van der Waals surface area contributed by atoms with Crippen LogP contribution >= 0.6 is 0 Å². The maximum absolute atomic E-state index is 11.1. The molecule has 0 saturated heterocycles. The maximum atomic E-state index is 11.1. The second-order valence-electron chi connectivity index (χ2n) is 3.74. The van der Waals surface area contributed by atoms with Crippen LogP contribution in [0.25, 0.3) is 0 Å². The zero-order valence-electron chi connectivity index (χ0n) is 13.0. The minimum atomic E-state index is -5.29. The summed E-state index contributed by atoms with van der Waals surface area (Å²) in [6, 6.07) is 0. The van der Waals surface area contributed by atoms with Gasteiger partial charge in [0.25, 0.3) is 0 Å². The molecule has 1 aliphatic heterocycles. The summed E-state index contributed by atoms with van der Waals surface area (Å²) in [5, 5.41) is 29.0. The average Bonchev–Trinajstić information content (AvgIpc) is 2.68. The van der Waals surface area contributed by atoms with Gasteiger partial charge in [-0.2, -0.15) is 16.8 Å². The van der Waals surface area contributed by atoms with Gasteiger partial charge in [-0.1, -0.05) is 8.67 Å². The van der Waals surface area contributed by atoms with Gasteiger partial charge in [0, 0.05) is 16.2 Å². The number of hydrogen-bond donors (Lipinski definition) is 3. The first-order valence-electron chi connectivity index (χ1n) is 5.34. The molecule has 2 atom stereocenters. The van der Waals surface area contributed by atoms with Crippen molar-refractivity contribution in [3.05, 3.63) is 11.5 Å². The Labute approximate surface area is 189 Å². The Hall–Kier alpha value is -0.101. The molecule has 0 spiro atoms. The Kier molecular flexibility index (Phi) is 14.6. The first-order chi connectivity index (χ1) is 11.5. The molecule has 0 amide bonds. The van der Waals surface area contributed by atoms with E-state index in [0.717, 1.165) is 0 Å². The van der Waals surface area contributed by atoms with Crippen LogP contribution in [0.5, 0.6) is 0 Å². The molecule has 0 bridgehead atoms. The van der Waals surface area contributed by atoms with Gasteiger partial charge in [-0.15, -0.1) is 0 Å². The fraction of sp³-hybridized carbons (Fsp3) is 0.500. The van der Waals surface area contributed by atoms with Crippen molar-refractivity contribution in [2.75, 3.05) is 6.61 Å². The van der Waals surface area contributed by atoms with Crippen molar-refractivity contribution in [1.29, 1.82) is 0 Å². The summed E-state index contributed by atoms with van der Waals surface area (Å²) in [5.74, 6) is -4.23. The molecule has 160 valence electrons. The van der Waals surface area contributed by atoms with E-state index in [1.807, 2.05) is 0 Å². The van der Waals surface area contributed by atoms with Crippen LogP contribution in [0, 0.1) is 0 Å². The van der Waals surface area contributed by atoms with Crippen molar-refractivity contribution in [3.63, 3.8) is 0 Å². The van der Waals surface area contributed by atoms with E-state index in [9.17, 15) is 31.8 Å². The van der Waals surface area contributed by atoms with Crippen molar-refractivity contribution < 1.29 is 123 Å². The van der Waals surface area contributed by atoms with E-state index in [1.54, 1.807) is 0 Å². The van der Waals surface area contributed by atoms with Crippen LogP contribution in [-0.2, 0) is 70.6 Å². The van der Waals surface area contributed by atoms with Gasteiger partial charge in [0.2, 0.25) is 0 Å². The third kappa shape index (κ3) is 14.0. The molecule has 0 aromatic heterocycles. The summed E-state index contributed by atoms with van der Waals surface area (Å²) in [6.07, 6.45) is -3.99. The second-order valence-corrected chi connectivity index (χ2v) is 6.69. The molecule has 0 aromatic carbocycles. The molecule has 1 aliphatic rings. The van der Waals surface area contributed by atoms with Gasteiger partial charge in [-0.3, -0.25) is 13.0 Å². The maximum Gasteiger partial charge on any atom is 2.00 e. The third-order valence-corrected chi connectivity index (χ3v) is 2.92. The predicted molar refractivity (Wildman–Crippen MR) is 64.6 cm³/mol. The summed E-state index contributed by atoms with van der Waals surface area (Å²) in [4.78, 5) is 10.8. The number of hydrogen-bond acceptors (Lipinski definition) is 16. The summed E-state index contributed by atoms with van der Waals surface area (Å²) in [7, 11) is -15.7. The Bertz CT molecular complexity index is 851. The van der Waals surface area contributed by atoms with Gasteiger partial charge in [-0.05, 0) is 0 Å². The van der Waals surface area contributed by atoms with E-state index in [-0.39, 0.29) is 46.6 Å². The summed E-state index contributed by atoms with van der Waals surface area (Å²) in [6.45, 7) is -1.19. The van der Waals surface area contributed by atoms with Crippen molar-refractivity contribution >= 4 is 37.2 Å². The monoisotopic (exact) mass is 526 g/mol. The van der Waals surface area contributed by atoms with Crippen molar-refractivity contribution in [2.45, 2.75) is 12.2 Å². The van der Waals surface area contributed by atoms with Crippen LogP contribution in [0.2, 0.25) is 0 Å². The fourth-order valence-corrected chi connectivity index (χ4v) is 2.17. The quantitative estimate of drug-likeness (QED) is 0.0693. The number of carbonyl (C=O) groups is 1. The Morgan fingerprint density at radius 1 is 1.11 bits per heavy atom. The normalized spacial score (nSPS) is 18.1. The van der Waals surface area contributed by atoms with E-state index in [2.05, 4.69) is 17.6 Å². The van der Waals surface area contributed by atoms with Gasteiger partial charge < -0.3 is 29.2 Å². The molecular weight excluding hydrogens is 519 g/mol. The smallest absolute Gasteiger partial charge is 0.865 e. The minimum absolute atomic E-state index is 0. The molecule has 22 heteroatoms. The zero-order valence-corrected chi connectivity index (χ0v) is 18.6. The molecule has 3 N–H and O–H groups in total. The molecule has 0 radical (unpaired) electrons. The Balaban J connectivity index is -0.000000793. The number of carbonyl (C=O) groups excluding carboxylic acids is 1. The third-order valence-electron chi connectivity index (χ3n) is 1.88. The molecule has 1 heterocycles. The molecular formula is C6H7FeNaO17S3. The van der Waals surface area contributed by atoms with Crippen LogP contribution in [0.1, 0.15) is 0 Å². The molecule has 28 heavy (non-hydrogen) atoms. The predicted octanol–water partition coefficient (Wildman–Crippen LogP) is -7.92. The second kappa shape index (κ2) is 12.6. The number of aliphatic hydroxyl groups is 2. The standard InChI is InChI=1S/C6H8O13S2.Fe.Na.H2O4S/c7-1-2(5-3(8)4(9)6(10)16-5)17-21(14,15)19-18-20(11,12)13;;;1-5(2,3)4/h2,5,7-9H,1H2,(H,11,12,13);;;(H2,1,2,3,4)/q;+2;+1;/p-3/t2-,5+;;;/m0.../s1. The Morgan fingerprint density at radius 3 is 1.82 bits per heavy atom. The number of ether oxygens (including phenoxy) is 1. The molecule has 0 unspecified atom stereocenters. The molecule has 0 aliphatic carbocycles. The van der Waals surface area contributed by atoms with E-state index in [1.165, 1.54) is 0 Å². The summed E-state index contributed by atoms with van der Waals surface area (Å²) in [5.41, 5.74) is 0. The molecule has 0 saturated carbocycles. The van der Waals surface area contributed by atoms with E-state index >= 15 is 0 Å². The summed E-state index contributed by atoms with van der Waals surface area (Å²) < 4.78 is 99.2. The van der Waals surface area contributed by atoms with Gasteiger partial charge >= 0.3 is 73.4 Å². The van der Waals surface area contributed by atoms with Crippen LogP contribution in [-0.4, -0.2) is 73.9 Å². The van der Waals surface area contributed by atoms with Gasteiger partial charge in [0.1, 0.15) is 11.9 Å². The zero-order chi connectivity index (χ0) is 20.9. The first kappa shape index (κ1) is 32.6. The summed E-state index contributed by atoms with van der Waals surface area (Å²) >= 11 is 0. The number of esters is 1. The fourth-order valence-electron chi connectivity index (χ4n) is 1.12. The van der Waals surface area contributed by atoms with Crippen LogP contribution in [0.3, 0.4) is 0 Å². The molecule has 0 fully saturated rings. The van der Waals surface area contributed by atoms with Crippen molar-refractivity contribution in [2.24, 2.45) is 0 Å². The van der Waals surface area contributed by atoms with Crippen molar-refractivity contribution in [3.8, 4) is 0 Å². The first-order valence-corrected chi connectivity index (χ1v) is 9.37. The topological polar surface area (TPSA) is 286 Å². The van der Waals surface area contributed by atoms with E-state index in [0.29, 0.717) is 0 Å². The molecule has 0 aromatic rings. The number of aliphatic hydroxyl groups excluding tert-OH is 2. The van der Waals surface area contributed by atoms with Crippen molar-refractivity contribution in [1.82, 2.24) is 0 Å². The van der Waals surface area contributed by atoms with E-state index in [4.69, 9.17) is 27.2 Å². The van der Waals surface area contributed by atoms with Crippen LogP contribution in [0.4, 0.5) is 0 Å². The van der Waals surface area contributed by atoms with E-state index < -0.39 is 67.5 Å². The van der Waals surface area contributed by atoms with Gasteiger partial charge in [0.05, 0.1) is 6.61 Å². The number of rotatable bonds is 7. The molecule has 17 nitrogen and oxygen atoms in total. The Morgan fingerprint density at radius 2 is 1.54 bits per heavy atom. The van der Waals surface area contributed by atoms with Gasteiger partial charge in [-0.25, -0.2) is 8.98 Å². The van der Waals surface area contributed by atoms with Gasteiger partial charge in [0.15, 0.2) is 6.10 Å². The number of cyclic esters (lactones) is 1. The average molecular weight is 526 g/mol.